The summed E-state index contributed by atoms with van der Waals surface area (Å²) >= 11 is 0. The van der Waals surface area contributed by atoms with Crippen molar-refractivity contribution in [1.82, 2.24) is 20.5 Å². The highest BCUT2D eigenvalue weighted by atomic mass is 15.2. The molecule has 0 saturated carbocycles. The third kappa shape index (κ3) is 3.90. The van der Waals surface area contributed by atoms with Crippen LogP contribution in [0.1, 0.15) is 56.7 Å². The Morgan fingerprint density at radius 3 is 2.30 bits per heavy atom. The van der Waals surface area contributed by atoms with E-state index >= 15 is 0 Å². The lowest BCUT2D eigenvalue weighted by Gasteiger charge is -2.19. The standard InChI is InChI=1S/C16H24N4/c1-11(2)9-14-5-7-15(8-6-14)12(3)19-13(4)16-17-10-18-20-16/h5-8,10-13,19H,9H2,1-4H3,(H,17,18,20). The van der Waals surface area contributed by atoms with Gasteiger partial charge in [0.05, 0.1) is 6.04 Å². The largest absolute Gasteiger partial charge is 0.301 e. The lowest BCUT2D eigenvalue weighted by Crippen LogP contribution is -2.23. The number of nitrogens with one attached hydrogen (secondary N) is 2. The lowest BCUT2D eigenvalue weighted by molar-refractivity contribution is 0.477. The second kappa shape index (κ2) is 6.66. The molecule has 0 radical (unpaired) electrons. The van der Waals surface area contributed by atoms with Gasteiger partial charge in [-0.3, -0.25) is 5.10 Å². The van der Waals surface area contributed by atoms with E-state index < -0.39 is 0 Å². The highest BCUT2D eigenvalue weighted by Crippen LogP contribution is 2.18. The summed E-state index contributed by atoms with van der Waals surface area (Å²) in [6.45, 7) is 8.75. The summed E-state index contributed by atoms with van der Waals surface area (Å²) in [4.78, 5) is 4.18. The van der Waals surface area contributed by atoms with Gasteiger partial charge in [-0.1, -0.05) is 38.1 Å². The third-order valence-electron chi connectivity index (χ3n) is 3.47. The summed E-state index contributed by atoms with van der Waals surface area (Å²) in [7, 11) is 0. The normalized spacial score (nSPS) is 14.4. The van der Waals surface area contributed by atoms with E-state index in [2.05, 4.69) is 72.5 Å². The zero-order valence-electron chi connectivity index (χ0n) is 12.7. The maximum atomic E-state index is 4.18. The molecule has 1 aromatic heterocycles. The van der Waals surface area contributed by atoms with Gasteiger partial charge < -0.3 is 5.32 Å². The Bertz CT molecular complexity index is 502. The maximum Gasteiger partial charge on any atom is 0.141 e. The molecule has 2 rings (SSSR count). The van der Waals surface area contributed by atoms with Gasteiger partial charge >= 0.3 is 0 Å². The Labute approximate surface area is 121 Å². The number of nitrogens with zero attached hydrogens (tertiary/aromatic N) is 2. The molecule has 1 aromatic carbocycles. The average molecular weight is 272 g/mol. The van der Waals surface area contributed by atoms with Crippen LogP contribution in [-0.4, -0.2) is 15.2 Å². The first-order valence-electron chi connectivity index (χ1n) is 7.26. The lowest BCUT2D eigenvalue weighted by atomic mass is 9.99. The van der Waals surface area contributed by atoms with E-state index in [0.717, 1.165) is 12.2 Å². The number of benzene rings is 1. The van der Waals surface area contributed by atoms with Crippen molar-refractivity contribution in [2.24, 2.45) is 5.92 Å². The first-order chi connectivity index (χ1) is 9.56. The Hall–Kier alpha value is -1.68. The molecule has 108 valence electrons. The third-order valence-corrected chi connectivity index (χ3v) is 3.47. The van der Waals surface area contributed by atoms with Crippen molar-refractivity contribution >= 4 is 0 Å². The molecule has 4 heteroatoms. The summed E-state index contributed by atoms with van der Waals surface area (Å²) in [5.41, 5.74) is 2.70. The van der Waals surface area contributed by atoms with E-state index in [-0.39, 0.29) is 12.1 Å². The zero-order valence-corrected chi connectivity index (χ0v) is 12.7. The van der Waals surface area contributed by atoms with E-state index in [1.807, 2.05) is 0 Å². The predicted octanol–water partition coefficient (Wildman–Crippen LogP) is 3.42. The molecule has 1 heterocycles. The first-order valence-corrected chi connectivity index (χ1v) is 7.26. The molecule has 0 spiro atoms. The molecule has 0 fully saturated rings. The molecular formula is C16H24N4. The minimum Gasteiger partial charge on any atom is -0.301 e. The first kappa shape index (κ1) is 14.7. The predicted molar refractivity (Wildman–Crippen MR) is 81.3 cm³/mol. The quantitative estimate of drug-likeness (QED) is 0.847. The van der Waals surface area contributed by atoms with Crippen molar-refractivity contribution in [2.75, 3.05) is 0 Å². The van der Waals surface area contributed by atoms with Crippen molar-refractivity contribution in [3.63, 3.8) is 0 Å². The molecule has 2 aromatic rings. The van der Waals surface area contributed by atoms with E-state index in [4.69, 9.17) is 0 Å². The Balaban J connectivity index is 1.97. The van der Waals surface area contributed by atoms with Crippen LogP contribution in [0.15, 0.2) is 30.6 Å². The van der Waals surface area contributed by atoms with Crippen LogP contribution in [0.4, 0.5) is 0 Å². The van der Waals surface area contributed by atoms with Gasteiger partial charge in [0.15, 0.2) is 0 Å². The van der Waals surface area contributed by atoms with Crippen LogP contribution >= 0.6 is 0 Å². The van der Waals surface area contributed by atoms with Gasteiger partial charge in [0.25, 0.3) is 0 Å². The van der Waals surface area contributed by atoms with Crippen molar-refractivity contribution in [3.8, 4) is 0 Å². The average Bonchev–Trinajstić information content (AvgIpc) is 2.92. The van der Waals surface area contributed by atoms with E-state index in [9.17, 15) is 0 Å². The van der Waals surface area contributed by atoms with Gasteiger partial charge in [-0.05, 0) is 37.3 Å². The van der Waals surface area contributed by atoms with Gasteiger partial charge in [0.1, 0.15) is 12.2 Å². The summed E-state index contributed by atoms with van der Waals surface area (Å²) in [6.07, 6.45) is 2.68. The maximum absolute atomic E-state index is 4.18. The summed E-state index contributed by atoms with van der Waals surface area (Å²) in [6, 6.07) is 9.32. The number of aromatic nitrogens is 3. The second-order valence-corrected chi connectivity index (χ2v) is 5.82. The molecule has 2 atom stereocenters. The van der Waals surface area contributed by atoms with Crippen LogP contribution in [0.2, 0.25) is 0 Å². The molecule has 4 nitrogen and oxygen atoms in total. The molecule has 2 unspecified atom stereocenters. The van der Waals surface area contributed by atoms with Crippen molar-refractivity contribution in [3.05, 3.63) is 47.5 Å². The fourth-order valence-corrected chi connectivity index (χ4v) is 2.39. The van der Waals surface area contributed by atoms with Gasteiger partial charge in [0, 0.05) is 6.04 Å². The Morgan fingerprint density at radius 2 is 1.75 bits per heavy atom. The molecule has 0 saturated heterocycles. The Morgan fingerprint density at radius 1 is 1.05 bits per heavy atom. The number of hydrogen-bond donors (Lipinski definition) is 2. The fraction of sp³-hybridized carbons (Fsp3) is 0.500. The minimum absolute atomic E-state index is 0.155. The van der Waals surface area contributed by atoms with Crippen LogP contribution < -0.4 is 5.32 Å². The molecule has 20 heavy (non-hydrogen) atoms. The van der Waals surface area contributed by atoms with Crippen LogP contribution in [0, 0.1) is 5.92 Å². The van der Waals surface area contributed by atoms with Gasteiger partial charge in [0.2, 0.25) is 0 Å². The van der Waals surface area contributed by atoms with E-state index in [0.29, 0.717) is 5.92 Å². The Kier molecular flexibility index (Phi) is 4.90. The molecular weight excluding hydrogens is 248 g/mol. The minimum atomic E-state index is 0.155. The fourth-order valence-electron chi connectivity index (χ4n) is 2.39. The van der Waals surface area contributed by atoms with Crippen molar-refractivity contribution in [2.45, 2.75) is 46.2 Å². The molecule has 0 aliphatic carbocycles. The molecule has 2 N–H and O–H groups in total. The summed E-state index contributed by atoms with van der Waals surface area (Å²) in [5.74, 6) is 1.57. The topological polar surface area (TPSA) is 53.6 Å². The molecule has 0 aliphatic heterocycles. The monoisotopic (exact) mass is 272 g/mol. The highest BCUT2D eigenvalue weighted by molar-refractivity contribution is 5.25. The van der Waals surface area contributed by atoms with Gasteiger partial charge in [-0.25, -0.2) is 4.98 Å². The van der Waals surface area contributed by atoms with Gasteiger partial charge in [-0.2, -0.15) is 5.10 Å². The second-order valence-electron chi connectivity index (χ2n) is 5.82. The van der Waals surface area contributed by atoms with Crippen molar-refractivity contribution < 1.29 is 0 Å². The van der Waals surface area contributed by atoms with Gasteiger partial charge in [-0.15, -0.1) is 0 Å². The summed E-state index contributed by atoms with van der Waals surface area (Å²) in [5, 5.41) is 10.3. The number of rotatable bonds is 6. The van der Waals surface area contributed by atoms with Crippen LogP contribution in [0.3, 0.4) is 0 Å². The smallest absolute Gasteiger partial charge is 0.141 e. The number of hydrogen-bond acceptors (Lipinski definition) is 3. The van der Waals surface area contributed by atoms with Crippen LogP contribution in [-0.2, 0) is 6.42 Å². The number of H-pyrrole nitrogens is 1. The zero-order chi connectivity index (χ0) is 14.5. The van der Waals surface area contributed by atoms with E-state index in [1.165, 1.54) is 11.1 Å². The highest BCUT2D eigenvalue weighted by Gasteiger charge is 2.13. The molecule has 0 amide bonds. The van der Waals surface area contributed by atoms with Crippen molar-refractivity contribution in [1.29, 1.82) is 0 Å². The van der Waals surface area contributed by atoms with E-state index in [1.54, 1.807) is 6.33 Å². The van der Waals surface area contributed by atoms with Crippen LogP contribution in [0.25, 0.3) is 0 Å². The molecule has 0 bridgehead atoms. The van der Waals surface area contributed by atoms with Crippen LogP contribution in [0.5, 0.6) is 0 Å². The molecule has 0 aliphatic rings. The number of aromatic amines is 1. The SMILES string of the molecule is CC(C)Cc1ccc(C(C)NC(C)c2ncn[nH]2)cc1. The summed E-state index contributed by atoms with van der Waals surface area (Å²) < 4.78 is 0.